The van der Waals surface area contributed by atoms with E-state index in [1.54, 1.807) is 24.3 Å². The van der Waals surface area contributed by atoms with Crippen LogP contribution in [0, 0.1) is 0 Å². The number of carbonyl (C=O) groups excluding carboxylic acids is 1. The van der Waals surface area contributed by atoms with Crippen LogP contribution in [-0.2, 0) is 0 Å². The summed E-state index contributed by atoms with van der Waals surface area (Å²) >= 11 is 0. The van der Waals surface area contributed by atoms with E-state index in [0.29, 0.717) is 12.0 Å². The quantitative estimate of drug-likeness (QED) is 0.741. The molecule has 0 aliphatic carbocycles. The summed E-state index contributed by atoms with van der Waals surface area (Å²) in [6.45, 7) is 2.42. The number of hydrogen-bond acceptors (Lipinski definition) is 2. The van der Waals surface area contributed by atoms with E-state index < -0.39 is 18.6 Å². The predicted octanol–water partition coefficient (Wildman–Crippen LogP) is 3.87. The molecule has 3 nitrogen and oxygen atoms in total. The average molecular weight is 326 g/mol. The Kier molecular flexibility index (Phi) is 5.69. The van der Waals surface area contributed by atoms with Gasteiger partial charge in [0.05, 0.1) is 0 Å². The molecule has 0 atom stereocenters. The molecule has 1 aliphatic heterocycles. The maximum absolute atomic E-state index is 12.7. The van der Waals surface area contributed by atoms with Gasteiger partial charge in [-0.1, -0.05) is 25.5 Å². The minimum Gasteiger partial charge on any atom is -0.364 e. The van der Waals surface area contributed by atoms with Gasteiger partial charge < -0.3 is 9.80 Å². The molecule has 0 bridgehead atoms. The van der Waals surface area contributed by atoms with Gasteiger partial charge in [-0.25, -0.2) is 0 Å². The molecule has 0 fully saturated rings. The number of nitrogens with zero attached hydrogens (tertiary/aromatic N) is 2. The Labute approximate surface area is 134 Å². The standard InChI is InChI=1S/C17H21F3N2O/c1-2-3-10-22(13-17(18,19)20)16(23)14-6-8-15(9-7-14)21-11-4-5-12-21/h4-9H,2-3,10-13H2,1H3. The lowest BCUT2D eigenvalue weighted by atomic mass is 10.1. The number of unbranched alkanes of at least 4 members (excludes halogenated alkanes) is 1. The van der Waals surface area contributed by atoms with Crippen molar-refractivity contribution < 1.29 is 18.0 Å². The van der Waals surface area contributed by atoms with Crippen LogP contribution < -0.4 is 4.90 Å². The molecule has 0 saturated heterocycles. The van der Waals surface area contributed by atoms with E-state index in [0.717, 1.165) is 30.1 Å². The minimum absolute atomic E-state index is 0.118. The van der Waals surface area contributed by atoms with Crippen molar-refractivity contribution in [3.63, 3.8) is 0 Å². The molecule has 1 aromatic carbocycles. The summed E-state index contributed by atoms with van der Waals surface area (Å²) in [5.41, 5.74) is 1.25. The first-order valence-corrected chi connectivity index (χ1v) is 7.77. The Balaban J connectivity index is 2.08. The van der Waals surface area contributed by atoms with Crippen LogP contribution in [0.2, 0.25) is 0 Å². The van der Waals surface area contributed by atoms with Gasteiger partial charge in [-0.05, 0) is 30.7 Å². The zero-order valence-corrected chi connectivity index (χ0v) is 13.1. The normalized spacial score (nSPS) is 14.3. The van der Waals surface area contributed by atoms with Crippen LogP contribution in [-0.4, -0.2) is 43.2 Å². The fourth-order valence-electron chi connectivity index (χ4n) is 2.50. The molecule has 6 heteroatoms. The van der Waals surface area contributed by atoms with E-state index in [9.17, 15) is 18.0 Å². The van der Waals surface area contributed by atoms with E-state index in [4.69, 9.17) is 0 Å². The van der Waals surface area contributed by atoms with Crippen molar-refractivity contribution in [3.8, 4) is 0 Å². The summed E-state index contributed by atoms with van der Waals surface area (Å²) in [4.78, 5) is 15.4. The molecule has 1 aliphatic rings. The fourth-order valence-corrected chi connectivity index (χ4v) is 2.50. The molecule has 1 heterocycles. The van der Waals surface area contributed by atoms with Crippen LogP contribution >= 0.6 is 0 Å². The maximum Gasteiger partial charge on any atom is 0.406 e. The second-order valence-corrected chi connectivity index (χ2v) is 5.62. The van der Waals surface area contributed by atoms with Crippen LogP contribution in [0.3, 0.4) is 0 Å². The average Bonchev–Trinajstić information content (AvgIpc) is 3.04. The van der Waals surface area contributed by atoms with Crippen molar-refractivity contribution in [2.75, 3.05) is 31.1 Å². The number of benzene rings is 1. The number of halogens is 3. The third-order valence-corrected chi connectivity index (χ3v) is 3.74. The SMILES string of the molecule is CCCCN(CC(F)(F)F)C(=O)c1ccc(N2CC=CC2)cc1. The molecule has 0 saturated carbocycles. The van der Waals surface area contributed by atoms with Crippen LogP contribution in [0.25, 0.3) is 0 Å². The number of carbonyl (C=O) groups is 1. The fraction of sp³-hybridized carbons (Fsp3) is 0.471. The Bertz CT molecular complexity index is 544. The number of amides is 1. The lowest BCUT2D eigenvalue weighted by Gasteiger charge is -2.24. The number of anilines is 1. The van der Waals surface area contributed by atoms with Gasteiger partial charge in [0.15, 0.2) is 0 Å². The Hall–Kier alpha value is -1.98. The van der Waals surface area contributed by atoms with Gasteiger partial charge in [0.2, 0.25) is 0 Å². The van der Waals surface area contributed by atoms with E-state index in [1.807, 2.05) is 6.92 Å². The van der Waals surface area contributed by atoms with Crippen LogP contribution in [0.1, 0.15) is 30.1 Å². The highest BCUT2D eigenvalue weighted by atomic mass is 19.4. The first kappa shape index (κ1) is 17.4. The first-order chi connectivity index (χ1) is 10.9. The summed E-state index contributed by atoms with van der Waals surface area (Å²) in [6.07, 6.45) is 1.01. The Morgan fingerprint density at radius 1 is 1.17 bits per heavy atom. The topological polar surface area (TPSA) is 23.6 Å². The Morgan fingerprint density at radius 3 is 2.30 bits per heavy atom. The van der Waals surface area contributed by atoms with Crippen molar-refractivity contribution >= 4 is 11.6 Å². The summed E-state index contributed by atoms with van der Waals surface area (Å²) in [5, 5.41) is 0. The third kappa shape index (κ3) is 5.01. The second kappa shape index (κ2) is 7.53. The van der Waals surface area contributed by atoms with Gasteiger partial charge in [0.1, 0.15) is 6.54 Å². The molecular formula is C17H21F3N2O. The van der Waals surface area contributed by atoms with Crippen LogP contribution in [0.5, 0.6) is 0 Å². The van der Waals surface area contributed by atoms with Crippen molar-refractivity contribution in [2.45, 2.75) is 25.9 Å². The smallest absolute Gasteiger partial charge is 0.364 e. The van der Waals surface area contributed by atoms with E-state index in [-0.39, 0.29) is 6.54 Å². The molecular weight excluding hydrogens is 305 g/mol. The molecule has 23 heavy (non-hydrogen) atoms. The highest BCUT2D eigenvalue weighted by Gasteiger charge is 2.33. The van der Waals surface area contributed by atoms with E-state index >= 15 is 0 Å². The molecule has 1 amide bonds. The third-order valence-electron chi connectivity index (χ3n) is 3.74. The lowest BCUT2D eigenvalue weighted by Crippen LogP contribution is -2.39. The molecule has 2 rings (SSSR count). The lowest BCUT2D eigenvalue weighted by molar-refractivity contribution is -0.140. The van der Waals surface area contributed by atoms with Gasteiger partial charge >= 0.3 is 6.18 Å². The molecule has 0 aromatic heterocycles. The van der Waals surface area contributed by atoms with Crippen LogP contribution in [0.15, 0.2) is 36.4 Å². The summed E-state index contributed by atoms with van der Waals surface area (Å²) < 4.78 is 38.0. The zero-order chi connectivity index (χ0) is 16.9. The number of rotatable bonds is 6. The molecule has 0 N–H and O–H groups in total. The monoisotopic (exact) mass is 326 g/mol. The largest absolute Gasteiger partial charge is 0.406 e. The van der Waals surface area contributed by atoms with Crippen molar-refractivity contribution in [3.05, 3.63) is 42.0 Å². The van der Waals surface area contributed by atoms with Gasteiger partial charge in [-0.3, -0.25) is 4.79 Å². The van der Waals surface area contributed by atoms with Gasteiger partial charge in [0, 0.05) is 30.9 Å². The van der Waals surface area contributed by atoms with E-state index in [1.165, 1.54) is 0 Å². The molecule has 0 spiro atoms. The molecule has 1 aromatic rings. The molecule has 0 unspecified atom stereocenters. The van der Waals surface area contributed by atoms with Gasteiger partial charge in [-0.2, -0.15) is 13.2 Å². The highest BCUT2D eigenvalue weighted by Crippen LogP contribution is 2.21. The number of hydrogen-bond donors (Lipinski definition) is 0. The van der Waals surface area contributed by atoms with Crippen molar-refractivity contribution in [2.24, 2.45) is 0 Å². The first-order valence-electron chi connectivity index (χ1n) is 7.77. The van der Waals surface area contributed by atoms with Gasteiger partial charge in [0.25, 0.3) is 5.91 Å². The van der Waals surface area contributed by atoms with E-state index in [2.05, 4.69) is 17.1 Å². The summed E-state index contributed by atoms with van der Waals surface area (Å²) in [6, 6.07) is 6.77. The predicted molar refractivity (Wildman–Crippen MR) is 84.7 cm³/mol. The van der Waals surface area contributed by atoms with Crippen molar-refractivity contribution in [1.82, 2.24) is 4.90 Å². The van der Waals surface area contributed by atoms with Crippen LogP contribution in [0.4, 0.5) is 18.9 Å². The van der Waals surface area contributed by atoms with Gasteiger partial charge in [-0.15, -0.1) is 0 Å². The minimum atomic E-state index is -4.38. The Morgan fingerprint density at radius 2 is 1.78 bits per heavy atom. The summed E-state index contributed by atoms with van der Waals surface area (Å²) in [5.74, 6) is -0.568. The molecule has 0 radical (unpaired) electrons. The maximum atomic E-state index is 12.7. The number of alkyl halides is 3. The highest BCUT2D eigenvalue weighted by molar-refractivity contribution is 5.94. The second-order valence-electron chi connectivity index (χ2n) is 5.62. The zero-order valence-electron chi connectivity index (χ0n) is 13.1. The molecule has 126 valence electrons. The van der Waals surface area contributed by atoms with Crippen molar-refractivity contribution in [1.29, 1.82) is 0 Å². The summed E-state index contributed by atoms with van der Waals surface area (Å²) in [7, 11) is 0.